The molecule has 1 aliphatic rings. The van der Waals surface area contributed by atoms with Gasteiger partial charge in [-0.1, -0.05) is 12.1 Å². The van der Waals surface area contributed by atoms with Gasteiger partial charge < -0.3 is 10.6 Å². The third kappa shape index (κ3) is 3.30. The second kappa shape index (κ2) is 6.34. The van der Waals surface area contributed by atoms with Gasteiger partial charge in [-0.25, -0.2) is 12.8 Å². The van der Waals surface area contributed by atoms with E-state index >= 15 is 0 Å². The van der Waals surface area contributed by atoms with E-state index in [1.807, 2.05) is 0 Å². The van der Waals surface area contributed by atoms with Crippen LogP contribution in [-0.4, -0.2) is 38.4 Å². The van der Waals surface area contributed by atoms with E-state index in [1.165, 1.54) is 6.07 Å². The van der Waals surface area contributed by atoms with Crippen molar-refractivity contribution in [1.29, 1.82) is 0 Å². The fourth-order valence-corrected chi connectivity index (χ4v) is 4.11. The van der Waals surface area contributed by atoms with Crippen LogP contribution in [0, 0.1) is 12.7 Å². The SMILES string of the molecule is Cc1cc(CNC(=O)C2(S(C)(=O)=O)CCNCC2)ccc1F. The molecule has 1 heterocycles. The van der Waals surface area contributed by atoms with Gasteiger partial charge in [0, 0.05) is 12.8 Å². The first kappa shape index (κ1) is 16.9. The second-order valence-corrected chi connectivity index (χ2v) is 8.11. The van der Waals surface area contributed by atoms with Crippen molar-refractivity contribution in [3.63, 3.8) is 0 Å². The van der Waals surface area contributed by atoms with E-state index in [9.17, 15) is 17.6 Å². The average Bonchev–Trinajstić information content (AvgIpc) is 2.47. The normalized spacial score (nSPS) is 18.0. The Morgan fingerprint density at radius 1 is 1.36 bits per heavy atom. The maximum atomic E-state index is 13.2. The van der Waals surface area contributed by atoms with Crippen LogP contribution in [0.1, 0.15) is 24.0 Å². The lowest BCUT2D eigenvalue weighted by molar-refractivity contribution is -0.124. The topological polar surface area (TPSA) is 75.3 Å². The molecule has 7 heteroatoms. The van der Waals surface area contributed by atoms with Crippen molar-refractivity contribution in [3.8, 4) is 0 Å². The summed E-state index contributed by atoms with van der Waals surface area (Å²) in [4.78, 5) is 12.5. The van der Waals surface area contributed by atoms with Crippen molar-refractivity contribution in [2.45, 2.75) is 31.1 Å². The number of sulfone groups is 1. The van der Waals surface area contributed by atoms with Crippen molar-refractivity contribution in [2.75, 3.05) is 19.3 Å². The average molecular weight is 328 g/mol. The summed E-state index contributed by atoms with van der Waals surface area (Å²) in [6.07, 6.45) is 1.64. The number of halogens is 1. The van der Waals surface area contributed by atoms with Crippen LogP contribution >= 0.6 is 0 Å². The zero-order valence-corrected chi connectivity index (χ0v) is 13.6. The number of nitrogens with one attached hydrogen (secondary N) is 2. The number of amides is 1. The number of hydrogen-bond donors (Lipinski definition) is 2. The Kier molecular flexibility index (Phi) is 4.87. The summed E-state index contributed by atoms with van der Waals surface area (Å²) in [6, 6.07) is 4.57. The molecule has 2 N–H and O–H groups in total. The van der Waals surface area contributed by atoms with Gasteiger partial charge in [-0.05, 0) is 50.0 Å². The molecule has 1 amide bonds. The molecule has 1 aromatic rings. The predicted octanol–water partition coefficient (Wildman–Crippen LogP) is 0.917. The molecule has 1 fully saturated rings. The van der Waals surface area contributed by atoms with Gasteiger partial charge in [-0.15, -0.1) is 0 Å². The van der Waals surface area contributed by atoms with Crippen molar-refractivity contribution < 1.29 is 17.6 Å². The molecular weight excluding hydrogens is 307 g/mol. The molecule has 0 aliphatic carbocycles. The molecule has 2 rings (SSSR count). The second-order valence-electron chi connectivity index (χ2n) is 5.78. The van der Waals surface area contributed by atoms with Crippen molar-refractivity contribution >= 4 is 15.7 Å². The summed E-state index contributed by atoms with van der Waals surface area (Å²) >= 11 is 0. The number of rotatable bonds is 4. The first-order valence-electron chi connectivity index (χ1n) is 7.20. The van der Waals surface area contributed by atoms with Crippen molar-refractivity contribution in [2.24, 2.45) is 0 Å². The van der Waals surface area contributed by atoms with Crippen LogP contribution in [0.2, 0.25) is 0 Å². The molecule has 0 bridgehead atoms. The molecule has 1 saturated heterocycles. The van der Waals surface area contributed by atoms with E-state index in [2.05, 4.69) is 10.6 Å². The number of benzene rings is 1. The molecule has 0 aromatic heterocycles. The molecule has 22 heavy (non-hydrogen) atoms. The Hall–Kier alpha value is -1.47. The number of piperidine rings is 1. The largest absolute Gasteiger partial charge is 0.351 e. The molecule has 0 spiro atoms. The lowest BCUT2D eigenvalue weighted by Gasteiger charge is -2.34. The van der Waals surface area contributed by atoms with Gasteiger partial charge in [0.2, 0.25) is 5.91 Å². The van der Waals surface area contributed by atoms with E-state index in [4.69, 9.17) is 0 Å². The van der Waals surface area contributed by atoms with Crippen LogP contribution in [0.25, 0.3) is 0 Å². The molecule has 0 saturated carbocycles. The first-order valence-corrected chi connectivity index (χ1v) is 9.09. The van der Waals surface area contributed by atoms with E-state index in [0.29, 0.717) is 18.7 Å². The number of aryl methyl sites for hydroxylation is 1. The summed E-state index contributed by atoms with van der Waals surface area (Å²) in [5, 5.41) is 5.76. The van der Waals surface area contributed by atoms with Crippen molar-refractivity contribution in [1.82, 2.24) is 10.6 Å². The van der Waals surface area contributed by atoms with Crippen LogP contribution in [0.5, 0.6) is 0 Å². The molecule has 1 aliphatic heterocycles. The van der Waals surface area contributed by atoms with Crippen LogP contribution < -0.4 is 10.6 Å². The monoisotopic (exact) mass is 328 g/mol. The Labute approximate surface area is 130 Å². The molecule has 0 unspecified atom stereocenters. The Balaban J connectivity index is 2.13. The van der Waals surface area contributed by atoms with E-state index in [-0.39, 0.29) is 25.2 Å². The minimum atomic E-state index is -3.52. The van der Waals surface area contributed by atoms with Crippen LogP contribution in [0.3, 0.4) is 0 Å². The van der Waals surface area contributed by atoms with Crippen LogP contribution in [0.15, 0.2) is 18.2 Å². The smallest absolute Gasteiger partial charge is 0.241 e. The highest BCUT2D eigenvalue weighted by Gasteiger charge is 2.48. The molecular formula is C15H21FN2O3S. The Bertz CT molecular complexity index is 667. The molecule has 5 nitrogen and oxygen atoms in total. The maximum Gasteiger partial charge on any atom is 0.241 e. The van der Waals surface area contributed by atoms with Crippen LogP contribution in [-0.2, 0) is 21.2 Å². The Morgan fingerprint density at radius 2 is 2.00 bits per heavy atom. The highest BCUT2D eigenvalue weighted by molar-refractivity contribution is 7.92. The summed E-state index contributed by atoms with van der Waals surface area (Å²) in [6.45, 7) is 2.82. The van der Waals surface area contributed by atoms with E-state index < -0.39 is 20.5 Å². The fourth-order valence-electron chi connectivity index (χ4n) is 2.76. The summed E-state index contributed by atoms with van der Waals surface area (Å²) in [5.41, 5.74) is 1.23. The quantitative estimate of drug-likeness (QED) is 0.862. The standard InChI is InChI=1S/C15H21FN2O3S/c1-11-9-12(3-4-13(11)16)10-18-14(19)15(22(2,20)21)5-7-17-8-6-15/h3-4,9,17H,5-8,10H2,1-2H3,(H,18,19). The minimum absolute atomic E-state index is 0.185. The summed E-state index contributed by atoms with van der Waals surface area (Å²) < 4.78 is 36.1. The molecule has 122 valence electrons. The van der Waals surface area contributed by atoms with Gasteiger partial charge in [0.25, 0.3) is 0 Å². The lowest BCUT2D eigenvalue weighted by Crippen LogP contribution is -2.57. The molecule has 0 atom stereocenters. The third-order valence-corrected chi connectivity index (χ3v) is 6.22. The lowest BCUT2D eigenvalue weighted by atomic mass is 9.95. The van der Waals surface area contributed by atoms with Gasteiger partial charge >= 0.3 is 0 Å². The van der Waals surface area contributed by atoms with E-state index in [1.54, 1.807) is 19.1 Å². The highest BCUT2D eigenvalue weighted by Crippen LogP contribution is 2.28. The molecule has 0 radical (unpaired) electrons. The summed E-state index contributed by atoms with van der Waals surface area (Å²) in [5.74, 6) is -0.778. The number of hydrogen-bond acceptors (Lipinski definition) is 4. The number of carbonyl (C=O) groups excluding carboxylic acids is 1. The van der Waals surface area contributed by atoms with Gasteiger partial charge in [0.05, 0.1) is 0 Å². The summed E-state index contributed by atoms with van der Waals surface area (Å²) in [7, 11) is -3.52. The van der Waals surface area contributed by atoms with Gasteiger partial charge in [0.1, 0.15) is 5.82 Å². The van der Waals surface area contributed by atoms with Crippen molar-refractivity contribution in [3.05, 3.63) is 35.1 Å². The van der Waals surface area contributed by atoms with Crippen LogP contribution in [0.4, 0.5) is 4.39 Å². The van der Waals surface area contributed by atoms with E-state index in [0.717, 1.165) is 11.8 Å². The third-order valence-electron chi connectivity index (χ3n) is 4.21. The Morgan fingerprint density at radius 3 is 2.55 bits per heavy atom. The first-order chi connectivity index (χ1) is 10.3. The van der Waals surface area contributed by atoms with Gasteiger partial charge in [0.15, 0.2) is 14.6 Å². The van der Waals surface area contributed by atoms with Gasteiger partial charge in [-0.2, -0.15) is 0 Å². The zero-order chi connectivity index (χ0) is 16.4. The van der Waals surface area contributed by atoms with Gasteiger partial charge in [-0.3, -0.25) is 4.79 Å². The minimum Gasteiger partial charge on any atom is -0.351 e. The number of carbonyl (C=O) groups is 1. The fraction of sp³-hybridized carbons (Fsp3) is 0.533. The maximum absolute atomic E-state index is 13.2. The predicted molar refractivity (Wildman–Crippen MR) is 82.7 cm³/mol. The zero-order valence-electron chi connectivity index (χ0n) is 12.8. The highest BCUT2D eigenvalue weighted by atomic mass is 32.2. The molecule has 1 aromatic carbocycles.